The summed E-state index contributed by atoms with van der Waals surface area (Å²) in [4.78, 5) is 16.9. The first-order valence-corrected chi connectivity index (χ1v) is 9.07. The number of carbonyl (C=O) groups excluding carboxylic acids is 1. The highest BCUT2D eigenvalue weighted by Crippen LogP contribution is 2.23. The SMILES string of the molecule is O=C(Nc1cccc(OC(F)F)c1)c1cn2cc(-c3cccc(CO)c3)ccc2n1. The Bertz CT molecular complexity index is 1210. The van der Waals surface area contributed by atoms with E-state index in [-0.39, 0.29) is 18.1 Å². The number of nitrogens with one attached hydrogen (secondary N) is 1. The van der Waals surface area contributed by atoms with Crippen LogP contribution in [0.25, 0.3) is 16.8 Å². The van der Waals surface area contributed by atoms with Crippen LogP contribution >= 0.6 is 0 Å². The third-order valence-corrected chi connectivity index (χ3v) is 4.44. The first-order valence-electron chi connectivity index (χ1n) is 9.07. The molecule has 0 saturated carbocycles. The van der Waals surface area contributed by atoms with Gasteiger partial charge in [0.2, 0.25) is 0 Å². The van der Waals surface area contributed by atoms with E-state index in [0.717, 1.165) is 16.7 Å². The molecule has 0 radical (unpaired) electrons. The number of hydrogen-bond acceptors (Lipinski definition) is 4. The maximum atomic E-state index is 12.6. The number of nitrogens with zero attached hydrogens (tertiary/aromatic N) is 2. The van der Waals surface area contributed by atoms with Gasteiger partial charge in [-0.05, 0) is 47.0 Å². The summed E-state index contributed by atoms with van der Waals surface area (Å²) < 4.78 is 30.8. The maximum absolute atomic E-state index is 12.6. The molecule has 0 spiro atoms. The number of rotatable bonds is 6. The fourth-order valence-electron chi connectivity index (χ4n) is 3.07. The van der Waals surface area contributed by atoms with E-state index in [1.165, 1.54) is 18.2 Å². The van der Waals surface area contributed by atoms with Crippen LogP contribution in [0.15, 0.2) is 73.1 Å². The molecule has 0 fully saturated rings. The Morgan fingerprint density at radius 1 is 1.07 bits per heavy atom. The fraction of sp³-hybridized carbons (Fsp3) is 0.0909. The van der Waals surface area contributed by atoms with E-state index in [1.54, 1.807) is 22.7 Å². The number of amides is 1. The van der Waals surface area contributed by atoms with Crippen LogP contribution in [0, 0.1) is 0 Å². The summed E-state index contributed by atoms with van der Waals surface area (Å²) in [5, 5.41) is 11.9. The van der Waals surface area contributed by atoms with E-state index >= 15 is 0 Å². The Kier molecular flexibility index (Phi) is 5.40. The van der Waals surface area contributed by atoms with Crippen molar-refractivity contribution in [2.24, 2.45) is 0 Å². The van der Waals surface area contributed by atoms with E-state index in [1.807, 2.05) is 36.5 Å². The minimum absolute atomic E-state index is 0.0466. The highest BCUT2D eigenvalue weighted by atomic mass is 19.3. The van der Waals surface area contributed by atoms with Crippen molar-refractivity contribution in [2.45, 2.75) is 13.2 Å². The maximum Gasteiger partial charge on any atom is 0.387 e. The summed E-state index contributed by atoms with van der Waals surface area (Å²) in [5.74, 6) is -0.524. The number of alkyl halides is 2. The zero-order valence-corrected chi connectivity index (χ0v) is 15.6. The summed E-state index contributed by atoms with van der Waals surface area (Å²) in [7, 11) is 0. The molecule has 30 heavy (non-hydrogen) atoms. The van der Waals surface area contributed by atoms with E-state index in [9.17, 15) is 18.7 Å². The van der Waals surface area contributed by atoms with Gasteiger partial charge in [-0.1, -0.05) is 24.3 Å². The van der Waals surface area contributed by atoms with Crippen molar-refractivity contribution in [1.29, 1.82) is 0 Å². The number of anilines is 1. The van der Waals surface area contributed by atoms with Crippen LogP contribution in [0.2, 0.25) is 0 Å². The second kappa shape index (κ2) is 8.30. The monoisotopic (exact) mass is 409 g/mol. The van der Waals surface area contributed by atoms with Crippen molar-refractivity contribution in [3.63, 3.8) is 0 Å². The second-order valence-corrected chi connectivity index (χ2v) is 6.53. The number of carbonyl (C=O) groups is 1. The number of fused-ring (bicyclic) bond motifs is 1. The molecule has 4 aromatic rings. The molecular formula is C22H17F2N3O3. The number of benzene rings is 2. The van der Waals surface area contributed by atoms with E-state index < -0.39 is 12.5 Å². The molecular weight excluding hydrogens is 392 g/mol. The largest absolute Gasteiger partial charge is 0.435 e. The Labute approximate surface area is 170 Å². The Morgan fingerprint density at radius 2 is 1.90 bits per heavy atom. The van der Waals surface area contributed by atoms with Gasteiger partial charge in [0, 0.05) is 24.1 Å². The van der Waals surface area contributed by atoms with Crippen LogP contribution in [-0.4, -0.2) is 27.0 Å². The van der Waals surface area contributed by atoms with Crippen molar-refractivity contribution in [3.8, 4) is 16.9 Å². The van der Waals surface area contributed by atoms with Gasteiger partial charge in [-0.3, -0.25) is 4.79 Å². The fourth-order valence-corrected chi connectivity index (χ4v) is 3.07. The van der Waals surface area contributed by atoms with Gasteiger partial charge >= 0.3 is 6.61 Å². The molecule has 8 heteroatoms. The van der Waals surface area contributed by atoms with Crippen LogP contribution < -0.4 is 10.1 Å². The van der Waals surface area contributed by atoms with Crippen LogP contribution in [-0.2, 0) is 6.61 Å². The number of imidazole rings is 1. The molecule has 152 valence electrons. The standard InChI is InChI=1S/C22H17F2N3O3/c23-22(24)30-18-6-2-5-17(10-18)25-21(29)19-12-27-11-16(7-8-20(27)26-19)15-4-1-3-14(9-15)13-28/h1-12,22,28H,13H2,(H,25,29). The first-order chi connectivity index (χ1) is 14.5. The number of hydrogen-bond donors (Lipinski definition) is 2. The molecule has 0 saturated heterocycles. The second-order valence-electron chi connectivity index (χ2n) is 6.53. The lowest BCUT2D eigenvalue weighted by Gasteiger charge is -2.07. The van der Waals surface area contributed by atoms with Crippen molar-refractivity contribution in [2.75, 3.05) is 5.32 Å². The smallest absolute Gasteiger partial charge is 0.387 e. The third-order valence-electron chi connectivity index (χ3n) is 4.44. The Morgan fingerprint density at radius 3 is 2.70 bits per heavy atom. The normalized spacial score (nSPS) is 11.1. The van der Waals surface area contributed by atoms with Crippen molar-refractivity contribution < 1.29 is 23.4 Å². The lowest BCUT2D eigenvalue weighted by atomic mass is 10.1. The van der Waals surface area contributed by atoms with Crippen LogP contribution in [0.1, 0.15) is 16.1 Å². The molecule has 0 unspecified atom stereocenters. The summed E-state index contributed by atoms with van der Waals surface area (Å²) >= 11 is 0. The van der Waals surface area contributed by atoms with Gasteiger partial charge in [-0.25, -0.2) is 4.98 Å². The minimum Gasteiger partial charge on any atom is -0.435 e. The molecule has 0 atom stereocenters. The zero-order chi connectivity index (χ0) is 21.1. The van der Waals surface area contributed by atoms with Gasteiger partial charge in [0.25, 0.3) is 5.91 Å². The zero-order valence-electron chi connectivity index (χ0n) is 15.6. The Hall–Kier alpha value is -3.78. The molecule has 0 aliphatic rings. The number of aromatic nitrogens is 2. The van der Waals surface area contributed by atoms with Crippen LogP contribution in [0.3, 0.4) is 0 Å². The van der Waals surface area contributed by atoms with Gasteiger partial charge < -0.3 is 19.6 Å². The number of ether oxygens (including phenoxy) is 1. The number of pyridine rings is 1. The molecule has 2 aromatic heterocycles. The van der Waals surface area contributed by atoms with Crippen molar-refractivity contribution in [1.82, 2.24) is 9.38 Å². The molecule has 1 amide bonds. The minimum atomic E-state index is -2.94. The summed E-state index contributed by atoms with van der Waals surface area (Å²) in [6.07, 6.45) is 3.43. The molecule has 2 heterocycles. The van der Waals surface area contributed by atoms with Gasteiger partial charge in [-0.2, -0.15) is 8.78 Å². The quantitative estimate of drug-likeness (QED) is 0.497. The highest BCUT2D eigenvalue weighted by Gasteiger charge is 2.13. The lowest BCUT2D eigenvalue weighted by Crippen LogP contribution is -2.12. The summed E-state index contributed by atoms with van der Waals surface area (Å²) in [5.41, 5.74) is 3.71. The number of halogens is 2. The van der Waals surface area contributed by atoms with Gasteiger partial charge in [0.05, 0.1) is 6.61 Å². The predicted octanol–water partition coefficient (Wildman–Crippen LogP) is 4.35. The Balaban J connectivity index is 1.57. The number of aliphatic hydroxyl groups excluding tert-OH is 1. The first kappa shape index (κ1) is 19.5. The lowest BCUT2D eigenvalue weighted by molar-refractivity contribution is -0.0498. The topological polar surface area (TPSA) is 75.9 Å². The molecule has 0 aliphatic heterocycles. The highest BCUT2D eigenvalue weighted by molar-refractivity contribution is 6.03. The molecule has 4 rings (SSSR count). The molecule has 2 N–H and O–H groups in total. The average molecular weight is 409 g/mol. The van der Waals surface area contributed by atoms with E-state index in [2.05, 4.69) is 15.0 Å². The molecule has 2 aromatic carbocycles. The summed E-state index contributed by atoms with van der Waals surface area (Å²) in [6, 6.07) is 16.9. The molecule has 0 aliphatic carbocycles. The molecule has 6 nitrogen and oxygen atoms in total. The van der Waals surface area contributed by atoms with Gasteiger partial charge in [-0.15, -0.1) is 0 Å². The van der Waals surface area contributed by atoms with Gasteiger partial charge in [0.15, 0.2) is 0 Å². The van der Waals surface area contributed by atoms with Crippen molar-refractivity contribution >= 4 is 17.2 Å². The molecule has 0 bridgehead atoms. The third kappa shape index (κ3) is 4.28. The van der Waals surface area contributed by atoms with Crippen molar-refractivity contribution in [3.05, 3.63) is 84.3 Å². The summed E-state index contributed by atoms with van der Waals surface area (Å²) in [6.45, 7) is -2.99. The average Bonchev–Trinajstić information content (AvgIpc) is 3.17. The van der Waals surface area contributed by atoms with E-state index in [0.29, 0.717) is 11.3 Å². The predicted molar refractivity (Wildman–Crippen MR) is 108 cm³/mol. The number of aliphatic hydroxyl groups is 1. The van der Waals surface area contributed by atoms with Gasteiger partial charge in [0.1, 0.15) is 17.1 Å². The van der Waals surface area contributed by atoms with E-state index in [4.69, 9.17) is 0 Å². The van der Waals surface area contributed by atoms with Crippen LogP contribution in [0.4, 0.5) is 14.5 Å². The van der Waals surface area contributed by atoms with Crippen LogP contribution in [0.5, 0.6) is 5.75 Å².